The van der Waals surface area contributed by atoms with Crippen LogP contribution in [0.15, 0.2) is 206 Å². The van der Waals surface area contributed by atoms with E-state index < -0.39 is 10.8 Å². The zero-order valence-electron chi connectivity index (χ0n) is 47.6. The van der Waals surface area contributed by atoms with Crippen LogP contribution in [0.3, 0.4) is 0 Å². The van der Waals surface area contributed by atoms with Gasteiger partial charge in [0, 0.05) is 60.5 Å². The molecule has 0 saturated carbocycles. The number of fused-ring (bicyclic) bond motifs is 3. The van der Waals surface area contributed by atoms with E-state index >= 15 is 0 Å². The van der Waals surface area contributed by atoms with Gasteiger partial charge in [0.05, 0.1) is 17.1 Å². The van der Waals surface area contributed by atoms with Crippen molar-refractivity contribution in [2.24, 2.45) is 0 Å². The third kappa shape index (κ3) is 10.4. The number of ether oxygens (including phenoxy) is 1. The van der Waals surface area contributed by atoms with Crippen molar-refractivity contribution in [2.45, 2.75) is 110 Å². The van der Waals surface area contributed by atoms with Crippen LogP contribution in [-0.4, -0.2) is 14.1 Å². The molecule has 0 atom stereocenters. The van der Waals surface area contributed by atoms with E-state index in [1.807, 2.05) is 12.3 Å². The Balaban J connectivity index is 0.00000704. The Bertz CT molecular complexity index is 3970. The van der Waals surface area contributed by atoms with Crippen molar-refractivity contribution in [3.63, 3.8) is 0 Å². The van der Waals surface area contributed by atoms with Gasteiger partial charge < -0.3 is 13.9 Å². The largest absolute Gasteiger partial charge is 0.510 e. The van der Waals surface area contributed by atoms with E-state index in [4.69, 9.17) is 9.72 Å². The van der Waals surface area contributed by atoms with E-state index in [1.165, 1.54) is 33.4 Å². The first kappa shape index (κ1) is 54.8. The Labute approximate surface area is 482 Å². The van der Waals surface area contributed by atoms with Crippen molar-refractivity contribution in [3.8, 4) is 39.8 Å². The molecule has 8 aromatic carbocycles. The number of benzene rings is 8. The number of imidazole rings is 1. The van der Waals surface area contributed by atoms with Gasteiger partial charge in [0.15, 0.2) is 0 Å². The Morgan fingerprint density at radius 3 is 1.63 bits per heavy atom. The van der Waals surface area contributed by atoms with Gasteiger partial charge in [0.2, 0.25) is 0 Å². The Morgan fingerprint density at radius 1 is 0.443 bits per heavy atom. The number of rotatable bonds is 12. The van der Waals surface area contributed by atoms with Gasteiger partial charge in [-0.1, -0.05) is 234 Å². The second-order valence-corrected chi connectivity index (χ2v) is 24.6. The Hall–Kier alpha value is -7.59. The third-order valence-electron chi connectivity index (χ3n) is 16.1. The summed E-state index contributed by atoms with van der Waals surface area (Å²) in [6.45, 7) is 27.5. The molecule has 11 rings (SSSR count). The van der Waals surface area contributed by atoms with Crippen LogP contribution in [0.25, 0.3) is 50.1 Å². The zero-order valence-corrected chi connectivity index (χ0v) is 49.9. The van der Waals surface area contributed by atoms with Gasteiger partial charge in [-0.05, 0) is 91.2 Å². The minimum atomic E-state index is -0.555. The normalized spacial score (nSPS) is 12.5. The van der Waals surface area contributed by atoms with Gasteiger partial charge in [0.1, 0.15) is 5.82 Å². The molecule has 0 radical (unpaired) electrons. The average Bonchev–Trinajstić information content (AvgIpc) is 3.90. The summed E-state index contributed by atoms with van der Waals surface area (Å²) in [4.78, 5) is 5.01. The Morgan fingerprint density at radius 2 is 1.01 bits per heavy atom. The second kappa shape index (κ2) is 20.9. The standard InChI is InChI=1S/C73H70N4O.Pt/c1-69(2,3)55-36-39-64-63(45-55)62-38-37-60(48-65(62)77(64)66-46-56(40-41-74-66)70(4,5)6)78-61-43-51(50-26-17-13-18-27-50)42-59(47-61)76-49-75(58-35-25-34-57(44-58)71(7,8)52-28-19-14-20-29-52)67(72(9,10)53-30-21-15-22-31-53)68(76)73(11,12)54-32-23-16-24-33-54;/h13-46H,1-12H3;/q-2;. The monoisotopic (exact) mass is 1210 g/mol. The fourth-order valence-corrected chi connectivity index (χ4v) is 11.3. The van der Waals surface area contributed by atoms with Crippen LogP contribution in [0.1, 0.15) is 128 Å². The van der Waals surface area contributed by atoms with E-state index in [0.717, 1.165) is 61.5 Å². The van der Waals surface area contributed by atoms with Gasteiger partial charge >= 0.3 is 0 Å². The molecule has 0 fully saturated rings. The molecule has 0 spiro atoms. The van der Waals surface area contributed by atoms with Crippen molar-refractivity contribution < 1.29 is 30.4 Å². The molecule has 0 bridgehead atoms. The summed E-state index contributed by atoms with van der Waals surface area (Å²) in [5, 5.41) is 2.23. The van der Waals surface area contributed by atoms with Crippen LogP contribution in [0.5, 0.6) is 11.5 Å². The molecule has 0 aliphatic rings. The summed E-state index contributed by atoms with van der Waals surface area (Å²) in [5.74, 6) is 1.97. The summed E-state index contributed by atoms with van der Waals surface area (Å²) >= 11 is 0. The summed E-state index contributed by atoms with van der Waals surface area (Å²) < 4.78 is 14.0. The maximum Gasteiger partial charge on any atom is 0.267 e. The number of pyridine rings is 1. The molecule has 5 nitrogen and oxygen atoms in total. The fraction of sp³-hybridized carbons (Fsp3) is 0.233. The molecule has 3 aromatic heterocycles. The van der Waals surface area contributed by atoms with Crippen molar-refractivity contribution in [2.75, 3.05) is 0 Å². The maximum absolute atomic E-state index is 7.14. The van der Waals surface area contributed by atoms with Gasteiger partial charge in [-0.15, -0.1) is 35.2 Å². The van der Waals surface area contributed by atoms with Gasteiger partial charge in [-0.25, -0.2) is 4.98 Å². The molecule has 3 heterocycles. The van der Waals surface area contributed by atoms with Gasteiger partial charge in [0.25, 0.3) is 6.33 Å². The SMILES string of the molecule is CC(C)(C)c1ccnc(-n2c3[c-]c(Oc4[c-]c(-n5[c-][n+](-c6cccc(C(C)(C)c7ccccc7)c6)c(C(C)(C)c6ccccc6)c5C(C)(C)c5ccccc5)cc(-c5ccccc5)c4)ccc3c3cc(C(C)(C)C)ccc32)c1.[Pt]. The summed E-state index contributed by atoms with van der Waals surface area (Å²) in [6, 6.07) is 79.4. The van der Waals surface area contributed by atoms with Crippen LogP contribution in [0.2, 0.25) is 0 Å². The van der Waals surface area contributed by atoms with E-state index in [2.05, 4.69) is 309 Å². The second-order valence-electron chi connectivity index (χ2n) is 24.6. The average molecular weight is 1210 g/mol. The molecule has 79 heavy (non-hydrogen) atoms. The van der Waals surface area contributed by atoms with Crippen LogP contribution >= 0.6 is 0 Å². The molecule has 11 aromatic rings. The molecule has 0 aliphatic carbocycles. The minimum absolute atomic E-state index is 0. The molecule has 6 heteroatoms. The van der Waals surface area contributed by atoms with E-state index in [9.17, 15) is 0 Å². The van der Waals surface area contributed by atoms with E-state index in [-0.39, 0.29) is 37.3 Å². The van der Waals surface area contributed by atoms with Crippen molar-refractivity contribution in [3.05, 3.63) is 270 Å². The topological polar surface area (TPSA) is 35.9 Å². The van der Waals surface area contributed by atoms with Crippen LogP contribution in [-0.2, 0) is 48.1 Å². The molecule has 0 aliphatic heterocycles. The van der Waals surface area contributed by atoms with Crippen LogP contribution < -0.4 is 9.30 Å². The van der Waals surface area contributed by atoms with E-state index in [0.29, 0.717) is 11.5 Å². The summed E-state index contributed by atoms with van der Waals surface area (Å²) in [6.07, 6.45) is 5.97. The quantitative estimate of drug-likeness (QED) is 0.0903. The van der Waals surface area contributed by atoms with Crippen molar-refractivity contribution >= 4 is 21.8 Å². The third-order valence-corrected chi connectivity index (χ3v) is 16.1. The molecule has 0 unspecified atom stereocenters. The summed E-state index contributed by atoms with van der Waals surface area (Å²) in [7, 11) is 0. The van der Waals surface area contributed by atoms with Gasteiger partial charge in [-0.2, -0.15) is 12.1 Å². The number of nitrogens with zero attached hydrogens (tertiary/aromatic N) is 4. The molecule has 400 valence electrons. The Kier molecular flexibility index (Phi) is 14.5. The first-order valence-corrected chi connectivity index (χ1v) is 27.4. The molecule has 0 amide bonds. The zero-order chi connectivity index (χ0) is 54.8. The summed E-state index contributed by atoms with van der Waals surface area (Å²) in [5.41, 5.74) is 13.9. The predicted octanol–water partition coefficient (Wildman–Crippen LogP) is 17.7. The smallest absolute Gasteiger partial charge is 0.267 e. The van der Waals surface area contributed by atoms with Crippen LogP contribution in [0.4, 0.5) is 0 Å². The molecule has 0 saturated heterocycles. The predicted molar refractivity (Wildman–Crippen MR) is 321 cm³/mol. The number of hydrogen-bond acceptors (Lipinski definition) is 2. The maximum atomic E-state index is 7.14. The number of aromatic nitrogens is 4. The van der Waals surface area contributed by atoms with Gasteiger partial charge in [-0.3, -0.25) is 4.57 Å². The number of hydrogen-bond donors (Lipinski definition) is 0. The van der Waals surface area contributed by atoms with Crippen molar-refractivity contribution in [1.29, 1.82) is 0 Å². The molecular weight excluding hydrogens is 1140 g/mol. The van der Waals surface area contributed by atoms with Crippen molar-refractivity contribution in [1.82, 2.24) is 14.1 Å². The first-order chi connectivity index (χ1) is 37.2. The molecule has 0 N–H and O–H groups in total. The fourth-order valence-electron chi connectivity index (χ4n) is 11.3. The van der Waals surface area contributed by atoms with Crippen LogP contribution in [0, 0.1) is 18.5 Å². The molecular formula is C73H70N4OPt-2. The first-order valence-electron chi connectivity index (χ1n) is 27.4. The van der Waals surface area contributed by atoms with E-state index in [1.54, 1.807) is 0 Å². The minimum Gasteiger partial charge on any atom is -0.510 e.